The molecule has 2 atom stereocenters. The van der Waals surface area contributed by atoms with E-state index in [1.165, 1.54) is 59.9 Å². The van der Waals surface area contributed by atoms with E-state index in [1.807, 2.05) is 12.9 Å². The van der Waals surface area contributed by atoms with Gasteiger partial charge in [-0.3, -0.25) is 4.79 Å². The van der Waals surface area contributed by atoms with Gasteiger partial charge in [0, 0.05) is 12.3 Å². The molecule has 0 radical (unpaired) electrons. The maximum absolute atomic E-state index is 12.6. The van der Waals surface area contributed by atoms with E-state index in [0.29, 0.717) is 23.8 Å². The van der Waals surface area contributed by atoms with E-state index in [-0.39, 0.29) is 11.7 Å². The van der Waals surface area contributed by atoms with Crippen molar-refractivity contribution in [2.45, 2.75) is 63.7 Å². The smallest absolute Gasteiger partial charge is 0.177 e. The number of fused-ring (bicyclic) bond motifs is 5. The summed E-state index contributed by atoms with van der Waals surface area (Å²) in [4.78, 5) is 24.1. The first-order valence-corrected chi connectivity index (χ1v) is 10.7. The molecule has 0 saturated heterocycles. The lowest BCUT2D eigenvalue weighted by molar-refractivity contribution is -0.116. The number of carbonyl (C=O) groups is 1. The third-order valence-corrected chi connectivity index (χ3v) is 7.36. The summed E-state index contributed by atoms with van der Waals surface area (Å²) in [5.74, 6) is 2.87. The van der Waals surface area contributed by atoms with Crippen molar-refractivity contribution < 1.29 is 9.59 Å². The predicted octanol–water partition coefficient (Wildman–Crippen LogP) is 5.56. The molecule has 2 aromatic rings. The number of Topliss-reactive ketones (excluding diaryl/α,β-unsaturated/α-hetero) is 1. The van der Waals surface area contributed by atoms with Crippen molar-refractivity contribution in [2.24, 2.45) is 5.92 Å². The topological polar surface area (TPSA) is 34.1 Å². The molecule has 0 bridgehead atoms. The minimum Gasteiger partial charge on any atom is -0.293 e. The second-order valence-corrected chi connectivity index (χ2v) is 8.80. The molecule has 1 fully saturated rings. The highest BCUT2D eigenvalue weighted by Crippen LogP contribution is 2.50. The molecule has 2 nitrogen and oxygen atoms in total. The van der Waals surface area contributed by atoms with Crippen LogP contribution in [0.5, 0.6) is 0 Å². The van der Waals surface area contributed by atoms with Gasteiger partial charge in [0.15, 0.2) is 5.78 Å². The first kappa shape index (κ1) is 17.6. The molecule has 5 rings (SSSR count). The van der Waals surface area contributed by atoms with Gasteiger partial charge in [0.2, 0.25) is 0 Å². The van der Waals surface area contributed by atoms with Crippen LogP contribution < -0.4 is 0 Å². The Labute approximate surface area is 166 Å². The van der Waals surface area contributed by atoms with Gasteiger partial charge in [-0.25, -0.2) is 4.79 Å². The van der Waals surface area contributed by atoms with Crippen molar-refractivity contribution in [1.29, 1.82) is 0 Å². The van der Waals surface area contributed by atoms with Crippen molar-refractivity contribution in [1.82, 2.24) is 0 Å². The maximum atomic E-state index is 12.6. The van der Waals surface area contributed by atoms with Gasteiger partial charge in [0.05, 0.1) is 5.57 Å². The van der Waals surface area contributed by atoms with Crippen LogP contribution in [0, 0.1) is 5.92 Å². The summed E-state index contributed by atoms with van der Waals surface area (Å²) in [5, 5.41) is 0. The summed E-state index contributed by atoms with van der Waals surface area (Å²) in [5.41, 5.74) is 8.22. The molecule has 142 valence electrons. The Morgan fingerprint density at radius 3 is 2.54 bits per heavy atom. The van der Waals surface area contributed by atoms with E-state index in [1.54, 1.807) is 0 Å². The van der Waals surface area contributed by atoms with Gasteiger partial charge in [-0.2, -0.15) is 0 Å². The Kier molecular flexibility index (Phi) is 4.33. The number of hydrogen-bond donors (Lipinski definition) is 0. The number of ketones is 1. The van der Waals surface area contributed by atoms with Crippen LogP contribution in [-0.4, -0.2) is 11.7 Å². The minimum absolute atomic E-state index is 0.0483. The number of hydrogen-bond acceptors (Lipinski definition) is 2. The zero-order valence-corrected chi connectivity index (χ0v) is 16.5. The molecule has 0 amide bonds. The molecule has 28 heavy (non-hydrogen) atoms. The van der Waals surface area contributed by atoms with Crippen LogP contribution in [0.1, 0.15) is 73.1 Å². The molecule has 0 heterocycles. The van der Waals surface area contributed by atoms with Crippen molar-refractivity contribution in [3.05, 3.63) is 64.2 Å². The molecule has 2 heteroatoms. The van der Waals surface area contributed by atoms with Gasteiger partial charge in [-0.1, -0.05) is 62.6 Å². The fourth-order valence-electron chi connectivity index (χ4n) is 5.93. The second kappa shape index (κ2) is 6.87. The molecule has 0 spiro atoms. The first-order valence-electron chi connectivity index (χ1n) is 10.7. The van der Waals surface area contributed by atoms with Gasteiger partial charge in [0.1, 0.15) is 5.94 Å². The summed E-state index contributed by atoms with van der Waals surface area (Å²) in [6.07, 6.45) is 8.11. The zero-order valence-electron chi connectivity index (χ0n) is 16.5. The van der Waals surface area contributed by atoms with Gasteiger partial charge in [0.25, 0.3) is 0 Å². The van der Waals surface area contributed by atoms with E-state index in [4.69, 9.17) is 0 Å². The Morgan fingerprint density at radius 1 is 0.964 bits per heavy atom. The third-order valence-electron chi connectivity index (χ3n) is 7.36. The van der Waals surface area contributed by atoms with Crippen LogP contribution in [0.3, 0.4) is 0 Å². The van der Waals surface area contributed by atoms with Crippen LogP contribution in [0.25, 0.3) is 11.1 Å². The van der Waals surface area contributed by atoms with Gasteiger partial charge in [-0.05, 0) is 64.5 Å². The summed E-state index contributed by atoms with van der Waals surface area (Å²) >= 11 is 0. The number of rotatable bonds is 1. The lowest BCUT2D eigenvalue weighted by Gasteiger charge is -2.39. The molecular formula is C26H26O2. The highest BCUT2D eigenvalue weighted by Gasteiger charge is 2.38. The molecular weight excluding hydrogens is 344 g/mol. The summed E-state index contributed by atoms with van der Waals surface area (Å²) < 4.78 is 0. The molecule has 2 unspecified atom stereocenters. The molecule has 2 aromatic carbocycles. The van der Waals surface area contributed by atoms with Crippen LogP contribution in [-0.2, 0) is 22.4 Å². The Bertz CT molecular complexity index is 1000. The predicted molar refractivity (Wildman–Crippen MR) is 111 cm³/mol. The van der Waals surface area contributed by atoms with Crippen LogP contribution in [0.2, 0.25) is 0 Å². The fraction of sp³-hybridized carbons (Fsp3) is 0.423. The first-order chi connectivity index (χ1) is 13.7. The molecule has 0 aromatic heterocycles. The monoisotopic (exact) mass is 370 g/mol. The van der Waals surface area contributed by atoms with Gasteiger partial charge >= 0.3 is 0 Å². The highest BCUT2D eigenvalue weighted by molar-refractivity contribution is 6.08. The lowest BCUT2D eigenvalue weighted by Crippen LogP contribution is -2.28. The van der Waals surface area contributed by atoms with E-state index in [9.17, 15) is 9.59 Å². The minimum atomic E-state index is -0.241. The average Bonchev–Trinajstić information content (AvgIpc) is 2.75. The Balaban J connectivity index is 1.74. The normalized spacial score (nSPS) is 24.2. The number of benzene rings is 2. The van der Waals surface area contributed by atoms with Crippen molar-refractivity contribution >= 4 is 11.7 Å². The van der Waals surface area contributed by atoms with Crippen molar-refractivity contribution in [3.63, 3.8) is 0 Å². The number of allylic oxidation sites excluding steroid dienone is 1. The highest BCUT2D eigenvalue weighted by atomic mass is 16.1. The van der Waals surface area contributed by atoms with E-state index >= 15 is 0 Å². The van der Waals surface area contributed by atoms with Crippen molar-refractivity contribution in [3.8, 4) is 11.1 Å². The summed E-state index contributed by atoms with van der Waals surface area (Å²) in [7, 11) is 0. The average molecular weight is 370 g/mol. The van der Waals surface area contributed by atoms with E-state index < -0.39 is 0 Å². The van der Waals surface area contributed by atoms with Crippen LogP contribution in [0.15, 0.2) is 42.0 Å². The zero-order chi connectivity index (χ0) is 19.3. The Morgan fingerprint density at radius 2 is 1.75 bits per heavy atom. The molecule has 1 saturated carbocycles. The van der Waals surface area contributed by atoms with Crippen molar-refractivity contribution in [2.75, 3.05) is 0 Å². The Hall–Kier alpha value is -2.44. The van der Waals surface area contributed by atoms with Crippen LogP contribution in [0.4, 0.5) is 0 Å². The van der Waals surface area contributed by atoms with Crippen LogP contribution >= 0.6 is 0 Å². The summed E-state index contributed by atoms with van der Waals surface area (Å²) in [6.45, 7) is 1.94. The maximum Gasteiger partial charge on any atom is 0.177 e. The van der Waals surface area contributed by atoms with Gasteiger partial charge in [-0.15, -0.1) is 0 Å². The number of carbonyl (C=O) groups excluding carboxylic acids is 2. The lowest BCUT2D eigenvalue weighted by atomic mass is 9.65. The van der Waals surface area contributed by atoms with Gasteiger partial charge < -0.3 is 0 Å². The molecule has 0 aliphatic heterocycles. The largest absolute Gasteiger partial charge is 0.293 e. The molecule has 3 aliphatic carbocycles. The molecule has 3 aliphatic rings. The third kappa shape index (κ3) is 2.63. The second-order valence-electron chi connectivity index (χ2n) is 8.80. The molecule has 0 N–H and O–H groups in total. The SMILES string of the molecule is CC1C(=O)C(=C=O)Cc2c1ccc1c2C(C2CCCCC2)Cc2ccccc2-1. The summed E-state index contributed by atoms with van der Waals surface area (Å²) in [6, 6.07) is 13.1. The quantitative estimate of drug-likeness (QED) is 0.486. The van der Waals surface area contributed by atoms with E-state index in [0.717, 1.165) is 12.0 Å². The van der Waals surface area contributed by atoms with E-state index in [2.05, 4.69) is 36.4 Å². The fourth-order valence-corrected chi connectivity index (χ4v) is 5.93. The standard InChI is InChI=1S/C26H26O2/c1-16-20-11-12-22-21-10-6-5-9-18(21)13-23(17-7-3-2-4-8-17)25(22)24(20)14-19(15-27)26(16)28/h5-6,9-12,16-17,23H,2-4,7-8,13-14H2,1H3.